The topological polar surface area (TPSA) is 50.3 Å². The molecule has 0 amide bonds. The Kier molecular flexibility index (Phi) is 8.05. The van der Waals surface area contributed by atoms with Crippen molar-refractivity contribution in [2.24, 2.45) is 0 Å². The van der Waals surface area contributed by atoms with E-state index in [-0.39, 0.29) is 0 Å². The first-order valence-electron chi connectivity index (χ1n) is 8.00. The van der Waals surface area contributed by atoms with Crippen LogP contribution in [-0.2, 0) is 4.74 Å². The van der Waals surface area contributed by atoms with Crippen molar-refractivity contribution >= 4 is 11.6 Å². The lowest BCUT2D eigenvalue weighted by atomic mass is 10.1. The maximum atomic E-state index is 5.27. The summed E-state index contributed by atoms with van der Waals surface area (Å²) in [7, 11) is 1.74. The summed E-state index contributed by atoms with van der Waals surface area (Å²) in [4.78, 5) is 11.3. The number of aromatic nitrogens is 2. The van der Waals surface area contributed by atoms with Crippen molar-refractivity contribution in [2.75, 3.05) is 37.0 Å². The Bertz CT molecular complexity index is 407. The van der Waals surface area contributed by atoms with E-state index in [9.17, 15) is 0 Å². The van der Waals surface area contributed by atoms with Crippen molar-refractivity contribution in [3.8, 4) is 0 Å². The minimum absolute atomic E-state index is 0.479. The lowest BCUT2D eigenvalue weighted by Gasteiger charge is -2.32. The molecule has 0 saturated heterocycles. The van der Waals surface area contributed by atoms with Crippen LogP contribution in [-0.4, -0.2) is 42.8 Å². The molecule has 0 bridgehead atoms. The highest BCUT2D eigenvalue weighted by Gasteiger charge is 2.20. The number of hydrogen-bond donors (Lipinski definition) is 1. The van der Waals surface area contributed by atoms with Gasteiger partial charge in [-0.2, -0.15) is 0 Å². The second kappa shape index (κ2) is 9.55. The number of rotatable bonds is 10. The van der Waals surface area contributed by atoms with Crippen molar-refractivity contribution in [2.45, 2.75) is 53.0 Å². The van der Waals surface area contributed by atoms with E-state index in [0.717, 1.165) is 49.6 Å². The minimum Gasteiger partial charge on any atom is -0.383 e. The summed E-state index contributed by atoms with van der Waals surface area (Å²) in [5.74, 6) is 1.96. The van der Waals surface area contributed by atoms with Gasteiger partial charge in [0.1, 0.15) is 18.0 Å². The lowest BCUT2D eigenvalue weighted by Crippen LogP contribution is -2.38. The fourth-order valence-corrected chi connectivity index (χ4v) is 2.53. The largest absolute Gasteiger partial charge is 0.383 e. The van der Waals surface area contributed by atoms with Crippen molar-refractivity contribution in [1.29, 1.82) is 0 Å². The number of nitrogens with one attached hydrogen (secondary N) is 1. The van der Waals surface area contributed by atoms with Crippen LogP contribution in [0.2, 0.25) is 0 Å². The highest BCUT2D eigenvalue weighted by Crippen LogP contribution is 2.25. The van der Waals surface area contributed by atoms with Gasteiger partial charge in [-0.15, -0.1) is 0 Å². The number of nitrogens with zero attached hydrogens (tertiary/aromatic N) is 3. The molecule has 0 fully saturated rings. The van der Waals surface area contributed by atoms with Gasteiger partial charge in [0.05, 0.1) is 6.61 Å². The van der Waals surface area contributed by atoms with E-state index < -0.39 is 0 Å². The average Bonchev–Trinajstić information content (AvgIpc) is 2.51. The Morgan fingerprint density at radius 3 is 2.52 bits per heavy atom. The van der Waals surface area contributed by atoms with Crippen molar-refractivity contribution in [1.82, 2.24) is 9.97 Å². The first kappa shape index (κ1) is 17.7. The third kappa shape index (κ3) is 4.84. The monoisotopic (exact) mass is 294 g/mol. The predicted molar refractivity (Wildman–Crippen MR) is 89.1 cm³/mol. The van der Waals surface area contributed by atoms with Crippen LogP contribution in [0.25, 0.3) is 0 Å². The SMILES string of the molecule is CCCNc1ncnc(N(CCOC)C(CC)CC)c1C. The van der Waals surface area contributed by atoms with E-state index in [4.69, 9.17) is 4.74 Å². The van der Waals surface area contributed by atoms with E-state index in [1.54, 1.807) is 13.4 Å². The van der Waals surface area contributed by atoms with Crippen LogP contribution in [0, 0.1) is 6.92 Å². The summed E-state index contributed by atoms with van der Waals surface area (Å²) >= 11 is 0. The molecule has 1 rings (SSSR count). The minimum atomic E-state index is 0.479. The number of ether oxygens (including phenoxy) is 1. The number of methoxy groups -OCH3 is 1. The molecule has 0 atom stereocenters. The quantitative estimate of drug-likeness (QED) is 0.718. The van der Waals surface area contributed by atoms with Crippen LogP contribution in [0.3, 0.4) is 0 Å². The first-order valence-corrected chi connectivity index (χ1v) is 8.00. The Balaban J connectivity index is 3.05. The van der Waals surface area contributed by atoms with Gasteiger partial charge in [-0.3, -0.25) is 0 Å². The third-order valence-electron chi connectivity index (χ3n) is 3.79. The normalized spacial score (nSPS) is 11.0. The molecule has 0 radical (unpaired) electrons. The molecule has 5 nitrogen and oxygen atoms in total. The number of anilines is 2. The van der Waals surface area contributed by atoms with Crippen molar-refractivity contribution in [3.05, 3.63) is 11.9 Å². The van der Waals surface area contributed by atoms with Gasteiger partial charge >= 0.3 is 0 Å². The fourth-order valence-electron chi connectivity index (χ4n) is 2.53. The first-order chi connectivity index (χ1) is 10.2. The van der Waals surface area contributed by atoms with E-state index in [1.807, 2.05) is 0 Å². The second-order valence-corrected chi connectivity index (χ2v) is 5.25. The van der Waals surface area contributed by atoms with Crippen LogP contribution in [0.15, 0.2) is 6.33 Å². The maximum Gasteiger partial charge on any atom is 0.137 e. The van der Waals surface area contributed by atoms with Crippen LogP contribution in [0.5, 0.6) is 0 Å². The second-order valence-electron chi connectivity index (χ2n) is 5.25. The maximum absolute atomic E-state index is 5.27. The van der Waals surface area contributed by atoms with Crippen molar-refractivity contribution in [3.63, 3.8) is 0 Å². The van der Waals surface area contributed by atoms with E-state index in [1.165, 1.54) is 0 Å². The summed E-state index contributed by atoms with van der Waals surface area (Å²) in [5, 5.41) is 3.38. The molecule has 1 aromatic heterocycles. The molecule has 0 aliphatic rings. The molecule has 0 spiro atoms. The van der Waals surface area contributed by atoms with Gasteiger partial charge in [-0.05, 0) is 26.2 Å². The standard InChI is InChI=1S/C16H30N4O/c1-6-9-17-15-13(4)16(19-12-18-15)20(10-11-21-5)14(7-2)8-3/h12,14H,6-11H2,1-5H3,(H,17,18,19). The van der Waals surface area contributed by atoms with E-state index in [2.05, 4.69) is 47.9 Å². The van der Waals surface area contributed by atoms with Gasteiger partial charge in [-0.1, -0.05) is 20.8 Å². The molecule has 0 aliphatic heterocycles. The molecule has 21 heavy (non-hydrogen) atoms. The predicted octanol–water partition coefficient (Wildman–Crippen LogP) is 3.25. The summed E-state index contributed by atoms with van der Waals surface area (Å²) < 4.78 is 5.27. The molecule has 1 aromatic rings. The summed E-state index contributed by atoms with van der Waals surface area (Å²) in [6.07, 6.45) is 4.93. The summed E-state index contributed by atoms with van der Waals surface area (Å²) in [6, 6.07) is 0.479. The zero-order valence-corrected chi connectivity index (χ0v) is 14.1. The van der Waals surface area contributed by atoms with Gasteiger partial charge in [0, 0.05) is 31.8 Å². The van der Waals surface area contributed by atoms with Gasteiger partial charge < -0.3 is 15.0 Å². The van der Waals surface area contributed by atoms with E-state index in [0.29, 0.717) is 12.6 Å². The lowest BCUT2D eigenvalue weighted by molar-refractivity contribution is 0.202. The number of hydrogen-bond acceptors (Lipinski definition) is 5. The van der Waals surface area contributed by atoms with Gasteiger partial charge in [0.15, 0.2) is 0 Å². The Labute approximate surface area is 129 Å². The van der Waals surface area contributed by atoms with Crippen LogP contribution >= 0.6 is 0 Å². The zero-order chi connectivity index (χ0) is 15.7. The molecule has 0 unspecified atom stereocenters. The Morgan fingerprint density at radius 2 is 1.95 bits per heavy atom. The smallest absolute Gasteiger partial charge is 0.137 e. The highest BCUT2D eigenvalue weighted by atomic mass is 16.5. The van der Waals surface area contributed by atoms with Crippen LogP contribution < -0.4 is 10.2 Å². The average molecular weight is 294 g/mol. The highest BCUT2D eigenvalue weighted by molar-refractivity contribution is 5.58. The van der Waals surface area contributed by atoms with Crippen LogP contribution in [0.1, 0.15) is 45.6 Å². The Morgan fingerprint density at radius 1 is 1.24 bits per heavy atom. The van der Waals surface area contributed by atoms with Crippen LogP contribution in [0.4, 0.5) is 11.6 Å². The zero-order valence-electron chi connectivity index (χ0n) is 14.1. The molecule has 120 valence electrons. The molecule has 0 aliphatic carbocycles. The van der Waals surface area contributed by atoms with Gasteiger partial charge in [0.25, 0.3) is 0 Å². The third-order valence-corrected chi connectivity index (χ3v) is 3.79. The summed E-state index contributed by atoms with van der Waals surface area (Å²) in [5.41, 5.74) is 1.12. The summed E-state index contributed by atoms with van der Waals surface area (Å²) in [6.45, 7) is 11.2. The fraction of sp³-hybridized carbons (Fsp3) is 0.750. The van der Waals surface area contributed by atoms with Gasteiger partial charge in [-0.25, -0.2) is 9.97 Å². The molecule has 1 N–H and O–H groups in total. The molecule has 5 heteroatoms. The van der Waals surface area contributed by atoms with E-state index >= 15 is 0 Å². The molecular formula is C16H30N4O. The molecular weight excluding hydrogens is 264 g/mol. The molecule has 0 aromatic carbocycles. The van der Waals surface area contributed by atoms with Gasteiger partial charge in [0.2, 0.25) is 0 Å². The van der Waals surface area contributed by atoms with Crippen molar-refractivity contribution < 1.29 is 4.74 Å². The molecule has 1 heterocycles. The molecule has 0 saturated carbocycles. The Hall–Kier alpha value is -1.36.